The molecule has 0 amide bonds. The standard InChI is InChI=1S/C23H31ClN2O2/c1-17(2)21-6-4-5-7-23(21)28-16-20(27)15-25-10-12-26(13-11-25)22-14-19(24)9-8-18(22)3/h4-9,14,17,20,27H,10-13,15-16H2,1-3H3/t20-/m1/s1. The molecule has 1 atom stereocenters. The zero-order valence-electron chi connectivity index (χ0n) is 17.1. The summed E-state index contributed by atoms with van der Waals surface area (Å²) in [6.45, 7) is 11.1. The Hall–Kier alpha value is -1.75. The Morgan fingerprint density at radius 1 is 1.07 bits per heavy atom. The second-order valence-corrected chi connectivity index (χ2v) is 8.31. The van der Waals surface area contributed by atoms with E-state index < -0.39 is 6.10 Å². The number of aliphatic hydroxyl groups is 1. The molecule has 1 N–H and O–H groups in total. The average molecular weight is 403 g/mol. The maximum absolute atomic E-state index is 10.5. The van der Waals surface area contributed by atoms with E-state index in [9.17, 15) is 5.11 Å². The van der Waals surface area contributed by atoms with Crippen LogP contribution in [0.4, 0.5) is 5.69 Å². The molecule has 5 heteroatoms. The van der Waals surface area contributed by atoms with Crippen molar-refractivity contribution in [1.29, 1.82) is 0 Å². The first kappa shape index (κ1) is 21.0. The Morgan fingerprint density at radius 3 is 2.50 bits per heavy atom. The minimum Gasteiger partial charge on any atom is -0.491 e. The third-order valence-corrected chi connectivity index (χ3v) is 5.56. The Balaban J connectivity index is 1.48. The van der Waals surface area contributed by atoms with E-state index in [4.69, 9.17) is 16.3 Å². The number of aryl methyl sites for hydroxylation is 1. The van der Waals surface area contributed by atoms with Crippen LogP contribution in [0.5, 0.6) is 5.75 Å². The Labute approximate surface area is 173 Å². The number of piperazine rings is 1. The van der Waals surface area contributed by atoms with Gasteiger partial charge in [0.1, 0.15) is 18.5 Å². The van der Waals surface area contributed by atoms with Crippen LogP contribution < -0.4 is 9.64 Å². The lowest BCUT2D eigenvalue weighted by molar-refractivity contribution is 0.0659. The normalized spacial score (nSPS) is 16.4. The van der Waals surface area contributed by atoms with Crippen molar-refractivity contribution in [2.75, 3.05) is 44.2 Å². The Bertz CT molecular complexity index is 773. The zero-order chi connectivity index (χ0) is 20.1. The highest BCUT2D eigenvalue weighted by Gasteiger charge is 2.21. The largest absolute Gasteiger partial charge is 0.491 e. The summed E-state index contributed by atoms with van der Waals surface area (Å²) in [6.07, 6.45) is -0.500. The molecule has 0 radical (unpaired) electrons. The molecule has 0 aromatic heterocycles. The quantitative estimate of drug-likeness (QED) is 0.747. The highest BCUT2D eigenvalue weighted by Crippen LogP contribution is 2.27. The van der Waals surface area contributed by atoms with Gasteiger partial charge in [-0.15, -0.1) is 0 Å². The number of anilines is 1. The number of β-amino-alcohol motifs (C(OH)–C–C–N with tert-alkyl or cyclic N) is 1. The molecule has 1 saturated heterocycles. The molecule has 28 heavy (non-hydrogen) atoms. The summed E-state index contributed by atoms with van der Waals surface area (Å²) in [7, 11) is 0. The first-order valence-corrected chi connectivity index (χ1v) is 10.4. The van der Waals surface area contributed by atoms with E-state index in [-0.39, 0.29) is 0 Å². The van der Waals surface area contributed by atoms with Gasteiger partial charge in [-0.2, -0.15) is 0 Å². The van der Waals surface area contributed by atoms with Gasteiger partial charge >= 0.3 is 0 Å². The van der Waals surface area contributed by atoms with E-state index in [1.54, 1.807) is 0 Å². The maximum Gasteiger partial charge on any atom is 0.122 e. The van der Waals surface area contributed by atoms with Crippen molar-refractivity contribution in [1.82, 2.24) is 4.90 Å². The van der Waals surface area contributed by atoms with E-state index in [0.717, 1.165) is 37.0 Å². The molecule has 3 rings (SSSR count). The van der Waals surface area contributed by atoms with Gasteiger partial charge in [-0.1, -0.05) is 49.7 Å². The number of hydrogen-bond donors (Lipinski definition) is 1. The lowest BCUT2D eigenvalue weighted by atomic mass is 10.0. The molecule has 2 aromatic carbocycles. The van der Waals surface area contributed by atoms with Gasteiger partial charge in [-0.25, -0.2) is 0 Å². The van der Waals surface area contributed by atoms with Crippen LogP contribution in [0.3, 0.4) is 0 Å². The highest BCUT2D eigenvalue weighted by atomic mass is 35.5. The number of rotatable bonds is 7. The smallest absolute Gasteiger partial charge is 0.122 e. The van der Waals surface area contributed by atoms with Gasteiger partial charge < -0.3 is 14.7 Å². The predicted molar refractivity (Wildman–Crippen MR) is 117 cm³/mol. The molecule has 1 aliphatic rings. The van der Waals surface area contributed by atoms with Crippen LogP contribution in [-0.2, 0) is 0 Å². The molecule has 1 heterocycles. The summed E-state index contributed by atoms with van der Waals surface area (Å²) in [4.78, 5) is 4.68. The van der Waals surface area contributed by atoms with Gasteiger partial charge in [-0.3, -0.25) is 4.90 Å². The first-order valence-electron chi connectivity index (χ1n) is 10.1. The SMILES string of the molecule is Cc1ccc(Cl)cc1N1CCN(C[C@@H](O)COc2ccccc2C(C)C)CC1. The van der Waals surface area contributed by atoms with Gasteiger partial charge in [0.25, 0.3) is 0 Å². The van der Waals surface area contributed by atoms with Crippen LogP contribution in [0.1, 0.15) is 30.9 Å². The lowest BCUT2D eigenvalue weighted by Gasteiger charge is -2.37. The van der Waals surface area contributed by atoms with E-state index in [1.165, 1.54) is 16.8 Å². The molecule has 152 valence electrons. The van der Waals surface area contributed by atoms with Gasteiger partial charge in [0.2, 0.25) is 0 Å². The molecule has 1 fully saturated rings. The van der Waals surface area contributed by atoms with Crippen molar-refractivity contribution >= 4 is 17.3 Å². The topological polar surface area (TPSA) is 35.9 Å². The van der Waals surface area contributed by atoms with Crippen LogP contribution in [0.15, 0.2) is 42.5 Å². The van der Waals surface area contributed by atoms with Crippen LogP contribution in [0, 0.1) is 6.92 Å². The minimum atomic E-state index is -0.500. The van der Waals surface area contributed by atoms with Gasteiger partial charge in [0.05, 0.1) is 0 Å². The number of benzene rings is 2. The molecule has 0 bridgehead atoms. The summed E-state index contributed by atoms with van der Waals surface area (Å²) in [5.74, 6) is 1.27. The van der Waals surface area contributed by atoms with Crippen molar-refractivity contribution in [3.05, 3.63) is 58.6 Å². The fourth-order valence-electron chi connectivity index (χ4n) is 3.72. The van der Waals surface area contributed by atoms with E-state index in [1.807, 2.05) is 30.3 Å². The van der Waals surface area contributed by atoms with Crippen LogP contribution in [-0.4, -0.2) is 55.4 Å². The molecule has 1 aliphatic heterocycles. The van der Waals surface area contributed by atoms with Crippen LogP contribution in [0.2, 0.25) is 5.02 Å². The molecule has 4 nitrogen and oxygen atoms in total. The first-order chi connectivity index (χ1) is 13.4. The Kier molecular flexibility index (Phi) is 7.22. The monoisotopic (exact) mass is 402 g/mol. The zero-order valence-corrected chi connectivity index (χ0v) is 17.8. The van der Waals surface area contributed by atoms with Crippen molar-refractivity contribution in [3.63, 3.8) is 0 Å². The summed E-state index contributed by atoms with van der Waals surface area (Å²) in [5.41, 5.74) is 3.64. The molecular formula is C23H31ClN2O2. The number of nitrogens with zero attached hydrogens (tertiary/aromatic N) is 2. The lowest BCUT2D eigenvalue weighted by Crippen LogP contribution is -2.49. The Morgan fingerprint density at radius 2 is 1.79 bits per heavy atom. The van der Waals surface area contributed by atoms with Gasteiger partial charge in [0.15, 0.2) is 0 Å². The highest BCUT2D eigenvalue weighted by molar-refractivity contribution is 6.30. The number of aliphatic hydroxyl groups excluding tert-OH is 1. The number of hydrogen-bond acceptors (Lipinski definition) is 4. The van der Waals surface area contributed by atoms with Crippen LogP contribution >= 0.6 is 11.6 Å². The van der Waals surface area contributed by atoms with Gasteiger partial charge in [-0.05, 0) is 42.2 Å². The summed E-state index contributed by atoms with van der Waals surface area (Å²) >= 11 is 6.17. The minimum absolute atomic E-state index is 0.317. The molecule has 0 spiro atoms. The average Bonchev–Trinajstić information content (AvgIpc) is 2.69. The molecule has 2 aromatic rings. The van der Waals surface area contributed by atoms with Crippen molar-refractivity contribution < 1.29 is 9.84 Å². The summed E-state index contributed by atoms with van der Waals surface area (Å²) < 4.78 is 5.92. The summed E-state index contributed by atoms with van der Waals surface area (Å²) in [6, 6.07) is 14.1. The fourth-order valence-corrected chi connectivity index (χ4v) is 3.89. The molecule has 0 unspecified atom stereocenters. The van der Waals surface area contributed by atoms with Crippen molar-refractivity contribution in [2.45, 2.75) is 32.8 Å². The van der Waals surface area contributed by atoms with Crippen molar-refractivity contribution in [2.24, 2.45) is 0 Å². The maximum atomic E-state index is 10.5. The number of ether oxygens (including phenoxy) is 1. The molecular weight excluding hydrogens is 372 g/mol. The van der Waals surface area contributed by atoms with E-state index in [2.05, 4.69) is 42.7 Å². The van der Waals surface area contributed by atoms with Crippen molar-refractivity contribution in [3.8, 4) is 5.75 Å². The number of para-hydroxylation sites is 1. The van der Waals surface area contributed by atoms with Crippen LogP contribution in [0.25, 0.3) is 0 Å². The fraction of sp³-hybridized carbons (Fsp3) is 0.478. The third-order valence-electron chi connectivity index (χ3n) is 5.33. The third kappa shape index (κ3) is 5.40. The van der Waals surface area contributed by atoms with Gasteiger partial charge in [0, 0.05) is 43.4 Å². The number of halogens is 1. The van der Waals surface area contributed by atoms with E-state index >= 15 is 0 Å². The predicted octanol–water partition coefficient (Wildman–Crippen LogP) is 4.33. The van der Waals surface area contributed by atoms with E-state index in [0.29, 0.717) is 19.1 Å². The summed E-state index contributed by atoms with van der Waals surface area (Å²) in [5, 5.41) is 11.2. The second-order valence-electron chi connectivity index (χ2n) is 7.88. The molecule has 0 saturated carbocycles. The second kappa shape index (κ2) is 9.64. The molecule has 0 aliphatic carbocycles.